The molecule has 1 saturated heterocycles. The van der Waals surface area contributed by atoms with E-state index in [4.69, 9.17) is 4.98 Å². The highest BCUT2D eigenvalue weighted by atomic mass is 15.2. The summed E-state index contributed by atoms with van der Waals surface area (Å²) in [6.07, 6.45) is 7.42. The maximum atomic E-state index is 4.71. The molecule has 0 radical (unpaired) electrons. The Morgan fingerprint density at radius 1 is 1.25 bits per heavy atom. The number of hydrogen-bond acceptors (Lipinski definition) is 3. The van der Waals surface area contributed by atoms with Gasteiger partial charge in [0, 0.05) is 30.2 Å². The van der Waals surface area contributed by atoms with Gasteiger partial charge in [-0.05, 0) is 45.7 Å². The summed E-state index contributed by atoms with van der Waals surface area (Å²) in [6, 6.07) is 2.83. The molecule has 3 heterocycles. The highest BCUT2D eigenvalue weighted by molar-refractivity contribution is 5.34. The molecule has 1 aliphatic heterocycles. The van der Waals surface area contributed by atoms with E-state index >= 15 is 0 Å². The van der Waals surface area contributed by atoms with Crippen LogP contribution in [0.3, 0.4) is 0 Å². The molecular weight excluding hydrogens is 248 g/mol. The fourth-order valence-corrected chi connectivity index (χ4v) is 3.33. The van der Waals surface area contributed by atoms with Crippen molar-refractivity contribution in [2.24, 2.45) is 0 Å². The van der Waals surface area contributed by atoms with Crippen molar-refractivity contribution in [3.63, 3.8) is 0 Å². The van der Waals surface area contributed by atoms with Crippen LogP contribution in [0.2, 0.25) is 0 Å². The van der Waals surface area contributed by atoms with Crippen LogP contribution in [0, 0.1) is 13.8 Å². The Balaban J connectivity index is 1.85. The number of likely N-dealkylation sites (tertiary alicyclic amines) is 1. The van der Waals surface area contributed by atoms with Crippen molar-refractivity contribution < 1.29 is 0 Å². The van der Waals surface area contributed by atoms with E-state index in [0.29, 0.717) is 0 Å². The third-order valence-corrected chi connectivity index (χ3v) is 4.40. The number of aryl methyl sites for hydroxylation is 2. The van der Waals surface area contributed by atoms with Gasteiger partial charge in [-0.15, -0.1) is 0 Å². The molecule has 4 heteroatoms. The normalized spacial score (nSPS) is 20.6. The average Bonchev–Trinajstić information content (AvgIpc) is 2.82. The van der Waals surface area contributed by atoms with Gasteiger partial charge >= 0.3 is 0 Å². The van der Waals surface area contributed by atoms with Gasteiger partial charge < -0.3 is 0 Å². The van der Waals surface area contributed by atoms with Crippen LogP contribution in [0.15, 0.2) is 12.3 Å². The largest absolute Gasteiger partial charge is 0.295 e. The molecule has 1 unspecified atom stereocenters. The maximum absolute atomic E-state index is 4.71. The monoisotopic (exact) mass is 272 g/mol. The highest BCUT2D eigenvalue weighted by Crippen LogP contribution is 2.21. The van der Waals surface area contributed by atoms with Gasteiger partial charge in [-0.1, -0.05) is 13.3 Å². The lowest BCUT2D eigenvalue weighted by molar-refractivity contribution is 0.134. The molecule has 108 valence electrons. The van der Waals surface area contributed by atoms with Crippen LogP contribution >= 0.6 is 0 Å². The third kappa shape index (κ3) is 2.57. The summed E-state index contributed by atoms with van der Waals surface area (Å²) in [5, 5.41) is 0. The minimum atomic E-state index is 0.726. The second-order valence-electron chi connectivity index (χ2n) is 5.97. The predicted octanol–water partition coefficient (Wildman–Crippen LogP) is 3.11. The lowest BCUT2D eigenvalue weighted by Crippen LogP contribution is -2.38. The second-order valence-corrected chi connectivity index (χ2v) is 5.97. The van der Waals surface area contributed by atoms with Crippen LogP contribution in [0.1, 0.15) is 49.7 Å². The summed E-state index contributed by atoms with van der Waals surface area (Å²) in [4.78, 5) is 11.8. The highest BCUT2D eigenvalue weighted by Gasteiger charge is 2.21. The Labute approximate surface area is 120 Å². The minimum Gasteiger partial charge on any atom is -0.295 e. The van der Waals surface area contributed by atoms with Crippen LogP contribution in [-0.4, -0.2) is 31.9 Å². The molecule has 0 saturated carbocycles. The lowest BCUT2D eigenvalue weighted by atomic mass is 10.00. The molecule has 3 rings (SSSR count). The SMILES string of the molecule is CCC1CCCCN1Cc1cn2c(C)cc(C)nc2n1. The second kappa shape index (κ2) is 5.52. The summed E-state index contributed by atoms with van der Waals surface area (Å²) in [5.74, 6) is 0.836. The van der Waals surface area contributed by atoms with Crippen LogP contribution in [0.4, 0.5) is 0 Å². The van der Waals surface area contributed by atoms with Crippen molar-refractivity contribution in [1.82, 2.24) is 19.3 Å². The number of imidazole rings is 1. The van der Waals surface area contributed by atoms with Gasteiger partial charge in [0.2, 0.25) is 5.78 Å². The Morgan fingerprint density at radius 2 is 2.10 bits per heavy atom. The van der Waals surface area contributed by atoms with E-state index < -0.39 is 0 Å². The van der Waals surface area contributed by atoms with E-state index in [1.54, 1.807) is 0 Å². The predicted molar refractivity (Wildman–Crippen MR) is 80.8 cm³/mol. The van der Waals surface area contributed by atoms with E-state index in [-0.39, 0.29) is 0 Å². The van der Waals surface area contributed by atoms with Crippen molar-refractivity contribution in [3.8, 4) is 0 Å². The van der Waals surface area contributed by atoms with E-state index in [1.165, 1.54) is 37.9 Å². The number of rotatable bonds is 3. The van der Waals surface area contributed by atoms with Gasteiger partial charge in [-0.3, -0.25) is 9.30 Å². The molecule has 0 aliphatic carbocycles. The lowest BCUT2D eigenvalue weighted by Gasteiger charge is -2.34. The number of aromatic nitrogens is 3. The van der Waals surface area contributed by atoms with Gasteiger partial charge in [0.25, 0.3) is 0 Å². The molecule has 0 bridgehead atoms. The summed E-state index contributed by atoms with van der Waals surface area (Å²) in [7, 11) is 0. The van der Waals surface area contributed by atoms with Crippen LogP contribution in [0.5, 0.6) is 0 Å². The van der Waals surface area contributed by atoms with E-state index in [0.717, 1.165) is 29.8 Å². The van der Waals surface area contributed by atoms with Crippen molar-refractivity contribution in [2.75, 3.05) is 6.54 Å². The topological polar surface area (TPSA) is 33.4 Å². The Kier molecular flexibility index (Phi) is 3.74. The number of piperidine rings is 1. The van der Waals surface area contributed by atoms with Gasteiger partial charge in [-0.25, -0.2) is 9.97 Å². The van der Waals surface area contributed by atoms with E-state index in [9.17, 15) is 0 Å². The van der Waals surface area contributed by atoms with Crippen molar-refractivity contribution in [2.45, 2.75) is 59.0 Å². The standard InChI is InChI=1S/C16H24N4/c1-4-15-7-5-6-8-19(15)10-14-11-20-13(3)9-12(2)17-16(20)18-14/h9,11,15H,4-8,10H2,1-3H3. The Bertz CT molecular complexity index is 602. The molecular formula is C16H24N4. The first-order chi connectivity index (χ1) is 9.67. The summed E-state index contributed by atoms with van der Waals surface area (Å²) in [6.45, 7) is 8.60. The van der Waals surface area contributed by atoms with Gasteiger partial charge in [0.15, 0.2) is 0 Å². The number of nitrogens with zero attached hydrogens (tertiary/aromatic N) is 4. The summed E-state index contributed by atoms with van der Waals surface area (Å²) in [5.41, 5.74) is 3.39. The molecule has 1 fully saturated rings. The van der Waals surface area contributed by atoms with Gasteiger partial charge in [0.1, 0.15) is 0 Å². The van der Waals surface area contributed by atoms with E-state index in [2.05, 4.69) is 40.4 Å². The van der Waals surface area contributed by atoms with E-state index in [1.807, 2.05) is 6.92 Å². The Hall–Kier alpha value is -1.42. The first-order valence-corrected chi connectivity index (χ1v) is 7.73. The van der Waals surface area contributed by atoms with Gasteiger partial charge in [-0.2, -0.15) is 0 Å². The fraction of sp³-hybridized carbons (Fsp3) is 0.625. The molecule has 1 atom stereocenters. The quantitative estimate of drug-likeness (QED) is 0.861. The molecule has 0 spiro atoms. The molecule has 0 N–H and O–H groups in total. The molecule has 0 aromatic carbocycles. The zero-order valence-corrected chi connectivity index (χ0v) is 12.8. The summed E-state index contributed by atoms with van der Waals surface area (Å²) >= 11 is 0. The number of hydrogen-bond donors (Lipinski definition) is 0. The third-order valence-electron chi connectivity index (χ3n) is 4.40. The first-order valence-electron chi connectivity index (χ1n) is 7.73. The number of fused-ring (bicyclic) bond motifs is 1. The molecule has 20 heavy (non-hydrogen) atoms. The Morgan fingerprint density at radius 3 is 2.90 bits per heavy atom. The zero-order valence-electron chi connectivity index (χ0n) is 12.8. The van der Waals surface area contributed by atoms with Crippen LogP contribution in [-0.2, 0) is 6.54 Å². The molecule has 1 aliphatic rings. The van der Waals surface area contributed by atoms with Crippen molar-refractivity contribution in [3.05, 3.63) is 29.3 Å². The van der Waals surface area contributed by atoms with Crippen molar-refractivity contribution >= 4 is 5.78 Å². The average molecular weight is 272 g/mol. The zero-order chi connectivity index (χ0) is 14.1. The van der Waals surface area contributed by atoms with Crippen LogP contribution in [0.25, 0.3) is 5.78 Å². The van der Waals surface area contributed by atoms with Crippen molar-refractivity contribution in [1.29, 1.82) is 0 Å². The summed E-state index contributed by atoms with van der Waals surface area (Å²) < 4.78 is 2.10. The molecule has 2 aromatic heterocycles. The first kappa shape index (κ1) is 13.6. The minimum absolute atomic E-state index is 0.726. The molecule has 0 amide bonds. The smallest absolute Gasteiger partial charge is 0.234 e. The molecule has 4 nitrogen and oxygen atoms in total. The molecule has 2 aromatic rings. The fourth-order valence-electron chi connectivity index (χ4n) is 3.33. The maximum Gasteiger partial charge on any atom is 0.234 e. The van der Waals surface area contributed by atoms with Gasteiger partial charge in [0.05, 0.1) is 5.69 Å². The van der Waals surface area contributed by atoms with Crippen LogP contribution < -0.4 is 0 Å².